The van der Waals surface area contributed by atoms with E-state index in [-0.39, 0.29) is 82.2 Å². The number of imide groups is 1. The molecule has 2 rings (SSSR count). The Kier molecular flexibility index (Phi) is 21.6. The minimum absolute atomic E-state index is 0.00102. The van der Waals surface area contributed by atoms with E-state index in [1.165, 1.54) is 18.9 Å². The topological polar surface area (TPSA) is 313 Å². The van der Waals surface area contributed by atoms with Crippen LogP contribution in [0.2, 0.25) is 0 Å². The van der Waals surface area contributed by atoms with Gasteiger partial charge in [0.05, 0.1) is 25.0 Å². The zero-order chi connectivity index (χ0) is 43.2. The zero-order valence-electron chi connectivity index (χ0n) is 33.1. The molecule has 322 valence electrons. The van der Waals surface area contributed by atoms with Crippen LogP contribution >= 0.6 is 11.8 Å². The van der Waals surface area contributed by atoms with Gasteiger partial charge in [-0.3, -0.25) is 43.9 Å². The normalized spacial score (nSPS) is 15.1. The predicted molar refractivity (Wildman–Crippen MR) is 213 cm³/mol. The fraction of sp³-hybridized carbons (Fsp3) is 0.583. The van der Waals surface area contributed by atoms with Crippen molar-refractivity contribution in [2.75, 3.05) is 58.1 Å². The molecule has 1 aliphatic heterocycles. The Morgan fingerprint density at radius 3 is 2.22 bits per heavy atom. The number of guanidine groups is 1. The number of alkyl carbamates (subject to hydrolysis) is 1. The van der Waals surface area contributed by atoms with Gasteiger partial charge >= 0.3 is 6.09 Å². The molecule has 1 aromatic rings. The average molecular weight is 837 g/mol. The van der Waals surface area contributed by atoms with Crippen LogP contribution in [0.3, 0.4) is 0 Å². The van der Waals surface area contributed by atoms with Gasteiger partial charge in [0.15, 0.2) is 5.96 Å². The SMILES string of the molecule is COCCC(=O)N[C@@H](CC(C)C)C(=O)N[C@@H](CO)C(=O)NCC(=O)N[C@@H](CCCNC(=N)N)C(=O)Nc1ccc(COC(=O)NCCN2C(=O)CC(SC)C2=O)cc1. The van der Waals surface area contributed by atoms with Crippen LogP contribution in [0, 0.1) is 11.3 Å². The Bertz CT molecular complexity index is 1600. The van der Waals surface area contributed by atoms with Gasteiger partial charge in [0.1, 0.15) is 24.7 Å². The van der Waals surface area contributed by atoms with Crippen LogP contribution in [0.15, 0.2) is 24.3 Å². The Labute approximate surface area is 340 Å². The number of carbonyl (C=O) groups is 8. The molecule has 0 aliphatic carbocycles. The van der Waals surface area contributed by atoms with Crippen molar-refractivity contribution in [1.82, 2.24) is 36.8 Å². The van der Waals surface area contributed by atoms with Crippen LogP contribution in [0.25, 0.3) is 0 Å². The standard InChI is InChI=1S/C36H56N10O11S/c1-21(2)16-25(44-28(48)11-15-56-3)33(53)45-26(19-47)31(51)41-18-29(49)43-24(6-5-12-39-35(37)38)32(52)42-23-9-7-22(8-10-23)20-57-36(55)40-13-14-46-30(50)17-27(58-4)34(46)54/h7-10,21,24-27,47H,5-6,11-20H2,1-4H3,(H,40,55)(H,41,51)(H,42,52)(H,43,49)(H,44,48)(H,45,53)(H4,37,38,39)/t24-,25-,26-,27?/m0/s1. The Morgan fingerprint density at radius 1 is 0.931 bits per heavy atom. The summed E-state index contributed by atoms with van der Waals surface area (Å²) in [5, 5.41) is 34.5. The summed E-state index contributed by atoms with van der Waals surface area (Å²) in [7, 11) is 1.43. The fourth-order valence-electron chi connectivity index (χ4n) is 5.42. The van der Waals surface area contributed by atoms with Crippen molar-refractivity contribution >= 4 is 70.9 Å². The molecule has 58 heavy (non-hydrogen) atoms. The molecule has 1 saturated heterocycles. The summed E-state index contributed by atoms with van der Waals surface area (Å²) in [4.78, 5) is 102. The number of thioether (sulfide) groups is 1. The maximum Gasteiger partial charge on any atom is 0.407 e. The summed E-state index contributed by atoms with van der Waals surface area (Å²) in [6.45, 7) is 2.59. The molecular weight excluding hydrogens is 781 g/mol. The number of nitrogens with two attached hydrogens (primary N) is 1. The summed E-state index contributed by atoms with van der Waals surface area (Å²) in [5.41, 5.74) is 6.27. The number of methoxy groups -OCH3 is 1. The Balaban J connectivity index is 1.92. The summed E-state index contributed by atoms with van der Waals surface area (Å²) < 4.78 is 10.1. The van der Waals surface area contributed by atoms with Gasteiger partial charge in [-0.1, -0.05) is 26.0 Å². The summed E-state index contributed by atoms with van der Waals surface area (Å²) >= 11 is 1.30. The molecule has 0 bridgehead atoms. The number of benzene rings is 1. The first-order chi connectivity index (χ1) is 27.6. The molecule has 0 saturated carbocycles. The third kappa shape index (κ3) is 17.8. The summed E-state index contributed by atoms with van der Waals surface area (Å²) in [6, 6.07) is 2.77. The molecule has 11 N–H and O–H groups in total. The van der Waals surface area contributed by atoms with E-state index in [0.29, 0.717) is 17.7 Å². The van der Waals surface area contributed by atoms with E-state index >= 15 is 0 Å². The molecular formula is C36H56N10O11S. The molecule has 1 fully saturated rings. The molecule has 1 heterocycles. The van der Waals surface area contributed by atoms with Gasteiger partial charge in [-0.05, 0) is 49.1 Å². The molecule has 21 nitrogen and oxygen atoms in total. The number of likely N-dealkylation sites (tertiary alicyclic amines) is 1. The molecule has 0 spiro atoms. The number of nitrogens with zero attached hydrogens (tertiary/aromatic N) is 1. The number of amides is 8. The largest absolute Gasteiger partial charge is 0.445 e. The van der Waals surface area contributed by atoms with E-state index in [9.17, 15) is 43.5 Å². The number of aliphatic hydroxyl groups is 1. The number of hydrogen-bond acceptors (Lipinski definition) is 13. The Morgan fingerprint density at radius 2 is 1.62 bits per heavy atom. The van der Waals surface area contributed by atoms with E-state index in [4.69, 9.17) is 20.6 Å². The highest BCUT2D eigenvalue weighted by molar-refractivity contribution is 8.00. The van der Waals surface area contributed by atoms with E-state index in [1.807, 2.05) is 13.8 Å². The van der Waals surface area contributed by atoms with Crippen molar-refractivity contribution in [1.29, 1.82) is 5.41 Å². The minimum Gasteiger partial charge on any atom is -0.445 e. The van der Waals surface area contributed by atoms with E-state index in [1.54, 1.807) is 30.5 Å². The van der Waals surface area contributed by atoms with Crippen LogP contribution < -0.4 is 43.0 Å². The highest BCUT2D eigenvalue weighted by Gasteiger charge is 2.37. The number of anilines is 1. The van der Waals surface area contributed by atoms with Crippen LogP contribution in [0.4, 0.5) is 10.5 Å². The second-order valence-corrected chi connectivity index (χ2v) is 14.6. The van der Waals surface area contributed by atoms with E-state index < -0.39 is 72.2 Å². The lowest BCUT2D eigenvalue weighted by atomic mass is 10.0. The second-order valence-electron chi connectivity index (χ2n) is 13.6. The van der Waals surface area contributed by atoms with Crippen LogP contribution in [0.5, 0.6) is 0 Å². The van der Waals surface area contributed by atoms with Crippen molar-refractivity contribution in [3.63, 3.8) is 0 Å². The molecule has 8 amide bonds. The van der Waals surface area contributed by atoms with Gasteiger partial charge in [0, 0.05) is 45.3 Å². The number of aliphatic hydroxyl groups excluding tert-OH is 1. The lowest BCUT2D eigenvalue weighted by Gasteiger charge is -2.23. The second kappa shape index (κ2) is 25.7. The number of ether oxygens (including phenoxy) is 2. The predicted octanol–water partition coefficient (Wildman–Crippen LogP) is -1.75. The van der Waals surface area contributed by atoms with Crippen molar-refractivity contribution in [3.05, 3.63) is 29.8 Å². The zero-order valence-corrected chi connectivity index (χ0v) is 34.0. The first kappa shape index (κ1) is 48.7. The first-order valence-electron chi connectivity index (χ1n) is 18.6. The lowest BCUT2D eigenvalue weighted by molar-refractivity contribution is -0.138. The van der Waals surface area contributed by atoms with Gasteiger partial charge < -0.3 is 57.5 Å². The molecule has 22 heteroatoms. The monoisotopic (exact) mass is 836 g/mol. The molecule has 0 radical (unpaired) electrons. The average Bonchev–Trinajstić information content (AvgIpc) is 3.46. The summed E-state index contributed by atoms with van der Waals surface area (Å²) in [6.07, 6.45) is 1.82. The van der Waals surface area contributed by atoms with E-state index in [0.717, 1.165) is 4.90 Å². The fourth-order valence-corrected chi connectivity index (χ4v) is 6.06. The quantitative estimate of drug-likeness (QED) is 0.0226. The number of carbonyl (C=O) groups excluding carboxylic acids is 8. The molecule has 1 aliphatic rings. The lowest BCUT2D eigenvalue weighted by Crippen LogP contribution is -2.56. The first-order valence-corrected chi connectivity index (χ1v) is 19.9. The van der Waals surface area contributed by atoms with Crippen molar-refractivity contribution < 1.29 is 52.9 Å². The molecule has 4 atom stereocenters. The number of rotatable bonds is 25. The van der Waals surface area contributed by atoms with Crippen molar-refractivity contribution in [2.24, 2.45) is 11.7 Å². The molecule has 0 aromatic heterocycles. The number of hydrogen-bond donors (Lipinski definition) is 10. The smallest absolute Gasteiger partial charge is 0.407 e. The van der Waals surface area contributed by atoms with E-state index in [2.05, 4.69) is 37.2 Å². The highest BCUT2D eigenvalue weighted by Crippen LogP contribution is 2.22. The molecule has 1 unspecified atom stereocenters. The van der Waals surface area contributed by atoms with Gasteiger partial charge in [-0.25, -0.2) is 4.79 Å². The Hall–Kier alpha value is -5.48. The minimum atomic E-state index is -1.45. The van der Waals surface area contributed by atoms with Crippen LogP contribution in [-0.2, 0) is 49.6 Å². The molecule has 1 aromatic carbocycles. The van der Waals surface area contributed by atoms with Crippen LogP contribution in [-0.4, -0.2) is 140 Å². The van der Waals surface area contributed by atoms with Gasteiger partial charge in [0.2, 0.25) is 41.4 Å². The van der Waals surface area contributed by atoms with Crippen molar-refractivity contribution in [3.8, 4) is 0 Å². The third-order valence-corrected chi connectivity index (χ3v) is 9.39. The third-order valence-electron chi connectivity index (χ3n) is 8.45. The van der Waals surface area contributed by atoms with Crippen molar-refractivity contribution in [2.45, 2.75) is 75.9 Å². The maximum atomic E-state index is 13.3. The van der Waals surface area contributed by atoms with Crippen LogP contribution in [0.1, 0.15) is 51.5 Å². The van der Waals surface area contributed by atoms with Gasteiger partial charge in [-0.2, -0.15) is 11.8 Å². The van der Waals surface area contributed by atoms with Gasteiger partial charge in [-0.15, -0.1) is 0 Å². The highest BCUT2D eigenvalue weighted by atomic mass is 32.2. The van der Waals surface area contributed by atoms with Gasteiger partial charge in [0.25, 0.3) is 0 Å². The number of nitrogens with one attached hydrogen (secondary N) is 8. The summed E-state index contributed by atoms with van der Waals surface area (Å²) in [5.74, 6) is -4.22. The maximum absolute atomic E-state index is 13.3.